The summed E-state index contributed by atoms with van der Waals surface area (Å²) in [4.78, 5) is 4.26. The minimum atomic E-state index is -0.265. The van der Waals surface area contributed by atoms with Gasteiger partial charge in [0.15, 0.2) is 12.8 Å². The van der Waals surface area contributed by atoms with Gasteiger partial charge < -0.3 is 20.1 Å². The van der Waals surface area contributed by atoms with Gasteiger partial charge in [-0.25, -0.2) is 4.39 Å². The van der Waals surface area contributed by atoms with E-state index in [-0.39, 0.29) is 36.6 Å². The Kier molecular flexibility index (Phi) is 9.16. The molecule has 0 aliphatic carbocycles. The van der Waals surface area contributed by atoms with Crippen molar-refractivity contribution in [1.82, 2.24) is 10.6 Å². The molecule has 5 nitrogen and oxygen atoms in total. The Bertz CT molecular complexity index is 838. The molecule has 29 heavy (non-hydrogen) atoms. The lowest BCUT2D eigenvalue weighted by atomic mass is 10.1. The van der Waals surface area contributed by atoms with Crippen molar-refractivity contribution in [3.63, 3.8) is 0 Å². The number of halogens is 2. The summed E-state index contributed by atoms with van der Waals surface area (Å²) in [6.07, 6.45) is 1.56. The third-order valence-electron chi connectivity index (χ3n) is 4.65. The molecule has 2 aromatic carbocycles. The smallest absolute Gasteiger partial charge is 0.190 e. The fraction of sp³-hybridized carbons (Fsp3) is 0.409. The molecule has 1 heterocycles. The van der Waals surface area contributed by atoms with Gasteiger partial charge in [-0.3, -0.25) is 4.99 Å². The molecule has 1 aliphatic heterocycles. The fourth-order valence-corrected chi connectivity index (χ4v) is 3.52. The summed E-state index contributed by atoms with van der Waals surface area (Å²) >= 11 is 0. The SMILES string of the molecule is CN=C(NCCc1cc(C)cc(C)c1)NCCc1cc(F)cc2c1OCOC2.I. The second-order valence-electron chi connectivity index (χ2n) is 7.09. The molecule has 0 bridgehead atoms. The zero-order valence-electron chi connectivity index (χ0n) is 17.2. The van der Waals surface area contributed by atoms with E-state index in [4.69, 9.17) is 9.47 Å². The molecular weight excluding hydrogens is 484 g/mol. The largest absolute Gasteiger partial charge is 0.467 e. The number of benzene rings is 2. The lowest BCUT2D eigenvalue weighted by molar-refractivity contribution is -0.0172. The maximum absolute atomic E-state index is 13.8. The minimum Gasteiger partial charge on any atom is -0.467 e. The first-order valence-electron chi connectivity index (χ1n) is 9.58. The number of hydrogen-bond acceptors (Lipinski definition) is 3. The normalized spacial score (nSPS) is 13.2. The molecule has 0 unspecified atom stereocenters. The van der Waals surface area contributed by atoms with E-state index in [0.717, 1.165) is 35.8 Å². The van der Waals surface area contributed by atoms with Gasteiger partial charge in [0.05, 0.1) is 6.61 Å². The zero-order valence-corrected chi connectivity index (χ0v) is 19.5. The molecule has 7 heteroatoms. The quantitative estimate of drug-likeness (QED) is 0.350. The molecule has 0 aromatic heterocycles. The number of guanidine groups is 1. The third kappa shape index (κ3) is 6.85. The van der Waals surface area contributed by atoms with Crippen LogP contribution in [0.4, 0.5) is 4.39 Å². The minimum absolute atomic E-state index is 0. The molecule has 0 radical (unpaired) electrons. The summed E-state index contributed by atoms with van der Waals surface area (Å²) in [5.41, 5.74) is 5.48. The van der Waals surface area contributed by atoms with E-state index in [2.05, 4.69) is 47.7 Å². The molecule has 0 atom stereocenters. The van der Waals surface area contributed by atoms with Crippen LogP contribution in [0.15, 0.2) is 35.3 Å². The molecule has 158 valence electrons. The highest BCUT2D eigenvalue weighted by Crippen LogP contribution is 2.29. The summed E-state index contributed by atoms with van der Waals surface area (Å²) in [7, 11) is 1.75. The predicted molar refractivity (Wildman–Crippen MR) is 125 cm³/mol. The highest BCUT2D eigenvalue weighted by atomic mass is 127. The molecule has 0 amide bonds. The second kappa shape index (κ2) is 11.3. The number of aliphatic imine (C=N–C) groups is 1. The average molecular weight is 513 g/mol. The van der Waals surface area contributed by atoms with Gasteiger partial charge in [0.1, 0.15) is 11.6 Å². The molecule has 0 saturated carbocycles. The summed E-state index contributed by atoms with van der Waals surface area (Å²) in [6, 6.07) is 9.60. The Morgan fingerprint density at radius 2 is 1.72 bits per heavy atom. The van der Waals surface area contributed by atoms with Gasteiger partial charge in [-0.1, -0.05) is 29.3 Å². The van der Waals surface area contributed by atoms with E-state index in [0.29, 0.717) is 19.6 Å². The van der Waals surface area contributed by atoms with Crippen molar-refractivity contribution in [2.75, 3.05) is 26.9 Å². The van der Waals surface area contributed by atoms with Crippen LogP contribution in [0, 0.1) is 19.7 Å². The Morgan fingerprint density at radius 1 is 1.03 bits per heavy atom. The summed E-state index contributed by atoms with van der Waals surface area (Å²) in [5.74, 6) is 1.21. The van der Waals surface area contributed by atoms with Crippen LogP contribution in [-0.4, -0.2) is 32.9 Å². The van der Waals surface area contributed by atoms with Crippen LogP contribution in [0.25, 0.3) is 0 Å². The number of rotatable bonds is 6. The highest BCUT2D eigenvalue weighted by molar-refractivity contribution is 14.0. The van der Waals surface area contributed by atoms with Crippen LogP contribution in [-0.2, 0) is 24.2 Å². The first kappa shape index (κ1) is 23.4. The molecule has 1 aliphatic rings. The van der Waals surface area contributed by atoms with Crippen LogP contribution in [0.2, 0.25) is 0 Å². The Labute approximate surface area is 189 Å². The van der Waals surface area contributed by atoms with Crippen molar-refractivity contribution in [3.8, 4) is 5.75 Å². The number of nitrogens with zero attached hydrogens (tertiary/aromatic N) is 1. The number of aryl methyl sites for hydroxylation is 2. The first-order chi connectivity index (χ1) is 13.5. The standard InChI is InChI=1S/C22H28FN3O2.HI/c1-15-8-16(2)10-17(9-15)4-6-25-22(24-3)26-7-5-18-11-20(23)12-19-13-27-14-28-21(18)19;/h8-12H,4-7,13-14H2,1-3H3,(H2,24,25,26);1H. The maximum Gasteiger partial charge on any atom is 0.190 e. The molecule has 2 aromatic rings. The van der Waals surface area contributed by atoms with E-state index in [9.17, 15) is 4.39 Å². The number of fused-ring (bicyclic) bond motifs is 1. The van der Waals surface area contributed by atoms with Crippen LogP contribution >= 0.6 is 24.0 Å². The molecular formula is C22H29FIN3O2. The van der Waals surface area contributed by atoms with Gasteiger partial charge in [-0.15, -0.1) is 24.0 Å². The van der Waals surface area contributed by atoms with Crippen molar-refractivity contribution in [1.29, 1.82) is 0 Å². The Balaban J connectivity index is 0.00000300. The van der Waals surface area contributed by atoms with Crippen LogP contribution in [0.5, 0.6) is 5.75 Å². The van der Waals surface area contributed by atoms with Crippen molar-refractivity contribution >= 4 is 29.9 Å². The van der Waals surface area contributed by atoms with E-state index in [1.54, 1.807) is 7.05 Å². The summed E-state index contributed by atoms with van der Waals surface area (Å²) in [5, 5.41) is 6.61. The molecule has 2 N–H and O–H groups in total. The van der Waals surface area contributed by atoms with Gasteiger partial charge in [0.2, 0.25) is 0 Å². The molecule has 3 rings (SSSR count). The van der Waals surface area contributed by atoms with E-state index in [1.807, 2.05) is 0 Å². The highest BCUT2D eigenvalue weighted by Gasteiger charge is 2.16. The maximum atomic E-state index is 13.8. The molecule has 0 fully saturated rings. The second-order valence-corrected chi connectivity index (χ2v) is 7.09. The first-order valence-corrected chi connectivity index (χ1v) is 9.58. The fourth-order valence-electron chi connectivity index (χ4n) is 3.52. The zero-order chi connectivity index (χ0) is 19.9. The lowest BCUT2D eigenvalue weighted by Gasteiger charge is -2.21. The number of ether oxygens (including phenoxy) is 2. The van der Waals surface area contributed by atoms with Crippen molar-refractivity contribution in [3.05, 3.63) is 64.0 Å². The third-order valence-corrected chi connectivity index (χ3v) is 4.65. The van der Waals surface area contributed by atoms with Gasteiger partial charge in [-0.2, -0.15) is 0 Å². The van der Waals surface area contributed by atoms with E-state index in [1.165, 1.54) is 28.8 Å². The molecule has 0 spiro atoms. The van der Waals surface area contributed by atoms with Crippen molar-refractivity contribution < 1.29 is 13.9 Å². The van der Waals surface area contributed by atoms with Crippen LogP contribution in [0.1, 0.15) is 27.8 Å². The van der Waals surface area contributed by atoms with Crippen molar-refractivity contribution in [2.45, 2.75) is 33.3 Å². The Hall–Kier alpha value is -1.87. The topological polar surface area (TPSA) is 54.9 Å². The Morgan fingerprint density at radius 3 is 2.41 bits per heavy atom. The van der Waals surface area contributed by atoms with Gasteiger partial charge >= 0.3 is 0 Å². The van der Waals surface area contributed by atoms with Gasteiger partial charge in [-0.05, 0) is 49.9 Å². The number of hydrogen-bond donors (Lipinski definition) is 2. The van der Waals surface area contributed by atoms with Gasteiger partial charge in [0.25, 0.3) is 0 Å². The van der Waals surface area contributed by atoms with Crippen LogP contribution < -0.4 is 15.4 Å². The summed E-state index contributed by atoms with van der Waals surface area (Å²) < 4.78 is 24.6. The molecule has 0 saturated heterocycles. The van der Waals surface area contributed by atoms with E-state index >= 15 is 0 Å². The lowest BCUT2D eigenvalue weighted by Crippen LogP contribution is -2.39. The van der Waals surface area contributed by atoms with E-state index < -0.39 is 0 Å². The van der Waals surface area contributed by atoms with Gasteiger partial charge in [0, 0.05) is 25.7 Å². The average Bonchev–Trinajstić information content (AvgIpc) is 2.65. The monoisotopic (exact) mass is 513 g/mol. The van der Waals surface area contributed by atoms with Crippen molar-refractivity contribution in [2.24, 2.45) is 4.99 Å². The van der Waals surface area contributed by atoms with Crippen LogP contribution in [0.3, 0.4) is 0 Å². The number of nitrogens with one attached hydrogen (secondary N) is 2. The predicted octanol–water partition coefficient (Wildman–Crippen LogP) is 3.88. The summed E-state index contributed by atoms with van der Waals surface area (Å²) in [6.45, 7) is 6.24.